The summed E-state index contributed by atoms with van der Waals surface area (Å²) in [5, 5.41) is 2.91. The minimum Gasteiger partial charge on any atom is -0.489 e. The zero-order chi connectivity index (χ0) is 19.3. The van der Waals surface area contributed by atoms with Gasteiger partial charge in [0.25, 0.3) is 5.91 Å². The predicted octanol–water partition coefficient (Wildman–Crippen LogP) is 4.28. The largest absolute Gasteiger partial charge is 0.489 e. The van der Waals surface area contributed by atoms with Crippen molar-refractivity contribution in [2.24, 2.45) is 0 Å². The van der Waals surface area contributed by atoms with E-state index in [1.807, 2.05) is 47.9 Å². The van der Waals surface area contributed by atoms with Crippen LogP contribution in [0.2, 0.25) is 0 Å². The maximum absolute atomic E-state index is 12.6. The first-order valence-electron chi connectivity index (χ1n) is 9.13. The van der Waals surface area contributed by atoms with E-state index >= 15 is 0 Å². The number of amides is 1. The molecule has 0 radical (unpaired) electrons. The zero-order valence-corrected chi connectivity index (χ0v) is 15.5. The van der Waals surface area contributed by atoms with Gasteiger partial charge >= 0.3 is 0 Å². The monoisotopic (exact) mass is 372 g/mol. The number of nitrogens with zero attached hydrogens (tertiary/aromatic N) is 3. The van der Waals surface area contributed by atoms with Crippen LogP contribution in [0, 0.1) is 0 Å². The molecule has 2 heterocycles. The minimum absolute atomic E-state index is 0.205. The van der Waals surface area contributed by atoms with Crippen molar-refractivity contribution in [3.63, 3.8) is 0 Å². The minimum atomic E-state index is -0.205. The molecular formula is C22H20N4O2. The van der Waals surface area contributed by atoms with Crippen LogP contribution >= 0.6 is 0 Å². The Balaban J connectivity index is 1.45. The summed E-state index contributed by atoms with van der Waals surface area (Å²) in [4.78, 5) is 21.2. The smallest absolute Gasteiger partial charge is 0.257 e. The highest BCUT2D eigenvalue weighted by molar-refractivity contribution is 6.04. The van der Waals surface area contributed by atoms with Gasteiger partial charge in [-0.2, -0.15) is 0 Å². The molecular weight excluding hydrogens is 352 g/mol. The molecule has 0 aliphatic rings. The third kappa shape index (κ3) is 3.71. The standard InChI is InChI=1S/C22H20N4O2/c1-2-26-20-8-4-3-7-19(20)24-22(26)25-21(27)17-9-11-18(12-10-17)28-15-16-6-5-13-23-14-16/h3-14H,2,15H2,1H3,(H,24,25,27). The van der Waals surface area contributed by atoms with Crippen LogP contribution in [0.25, 0.3) is 11.0 Å². The molecule has 1 amide bonds. The number of ether oxygens (including phenoxy) is 1. The number of rotatable bonds is 6. The number of nitrogens with one attached hydrogen (secondary N) is 1. The van der Waals surface area contributed by atoms with Crippen LogP contribution in [-0.4, -0.2) is 20.4 Å². The highest BCUT2D eigenvalue weighted by atomic mass is 16.5. The molecule has 2 aromatic carbocycles. The molecule has 0 bridgehead atoms. The third-order valence-electron chi connectivity index (χ3n) is 4.44. The van der Waals surface area contributed by atoms with Gasteiger partial charge in [-0.3, -0.25) is 15.1 Å². The second-order valence-corrected chi connectivity index (χ2v) is 6.30. The van der Waals surface area contributed by atoms with Crippen molar-refractivity contribution in [1.29, 1.82) is 0 Å². The van der Waals surface area contributed by atoms with E-state index in [2.05, 4.69) is 15.3 Å². The number of benzene rings is 2. The number of aryl methyl sites for hydroxylation is 1. The average Bonchev–Trinajstić information content (AvgIpc) is 3.10. The molecule has 2 aromatic heterocycles. The van der Waals surface area contributed by atoms with Crippen molar-refractivity contribution in [3.8, 4) is 5.75 Å². The lowest BCUT2D eigenvalue weighted by atomic mass is 10.2. The number of imidazole rings is 1. The fraction of sp³-hybridized carbons (Fsp3) is 0.136. The van der Waals surface area contributed by atoms with E-state index in [0.29, 0.717) is 23.9 Å². The van der Waals surface area contributed by atoms with Crippen molar-refractivity contribution in [3.05, 3.63) is 84.2 Å². The number of anilines is 1. The van der Waals surface area contributed by atoms with Gasteiger partial charge in [0.15, 0.2) is 0 Å². The molecule has 0 aliphatic heterocycles. The fourth-order valence-electron chi connectivity index (χ4n) is 3.02. The van der Waals surface area contributed by atoms with Gasteiger partial charge in [0.1, 0.15) is 12.4 Å². The number of carbonyl (C=O) groups excluding carboxylic acids is 1. The van der Waals surface area contributed by atoms with E-state index < -0.39 is 0 Å². The van der Waals surface area contributed by atoms with Crippen molar-refractivity contribution < 1.29 is 9.53 Å². The Morgan fingerprint density at radius 3 is 2.64 bits per heavy atom. The van der Waals surface area contributed by atoms with E-state index in [1.165, 1.54) is 0 Å². The summed E-state index contributed by atoms with van der Waals surface area (Å²) in [6, 6.07) is 18.7. The van der Waals surface area contributed by atoms with E-state index in [9.17, 15) is 4.79 Å². The molecule has 0 spiro atoms. The van der Waals surface area contributed by atoms with E-state index in [0.717, 1.165) is 23.1 Å². The molecule has 0 atom stereocenters. The Morgan fingerprint density at radius 1 is 1.07 bits per heavy atom. The highest BCUT2D eigenvalue weighted by Crippen LogP contribution is 2.20. The number of carbonyl (C=O) groups is 1. The first-order valence-corrected chi connectivity index (χ1v) is 9.13. The van der Waals surface area contributed by atoms with E-state index in [-0.39, 0.29) is 5.91 Å². The number of hydrogen-bond donors (Lipinski definition) is 1. The fourth-order valence-corrected chi connectivity index (χ4v) is 3.02. The molecule has 0 aliphatic carbocycles. The van der Waals surface area contributed by atoms with Gasteiger partial charge in [0.05, 0.1) is 11.0 Å². The lowest BCUT2D eigenvalue weighted by Gasteiger charge is -2.09. The molecule has 140 valence electrons. The van der Waals surface area contributed by atoms with Gasteiger partial charge in [0.2, 0.25) is 5.95 Å². The first kappa shape index (κ1) is 17.7. The van der Waals surface area contributed by atoms with E-state index in [4.69, 9.17) is 4.74 Å². The van der Waals surface area contributed by atoms with Gasteiger partial charge < -0.3 is 9.30 Å². The Hall–Kier alpha value is -3.67. The molecule has 0 saturated carbocycles. The molecule has 1 N–H and O–H groups in total. The highest BCUT2D eigenvalue weighted by Gasteiger charge is 2.13. The second-order valence-electron chi connectivity index (χ2n) is 6.30. The number of aromatic nitrogens is 3. The van der Waals surface area contributed by atoms with Gasteiger partial charge in [-0.1, -0.05) is 18.2 Å². The third-order valence-corrected chi connectivity index (χ3v) is 4.44. The number of hydrogen-bond acceptors (Lipinski definition) is 4. The Morgan fingerprint density at radius 2 is 1.89 bits per heavy atom. The summed E-state index contributed by atoms with van der Waals surface area (Å²) >= 11 is 0. The van der Waals surface area contributed by atoms with E-state index in [1.54, 1.807) is 36.7 Å². The van der Waals surface area contributed by atoms with Crippen LogP contribution in [0.1, 0.15) is 22.8 Å². The maximum atomic E-state index is 12.6. The van der Waals surface area contributed by atoms with Crippen molar-refractivity contribution in [1.82, 2.24) is 14.5 Å². The summed E-state index contributed by atoms with van der Waals surface area (Å²) in [7, 11) is 0. The van der Waals surface area contributed by atoms with Crippen molar-refractivity contribution >= 4 is 22.9 Å². The Kier molecular flexibility index (Phi) is 5.01. The van der Waals surface area contributed by atoms with Gasteiger partial charge in [-0.25, -0.2) is 4.98 Å². The second kappa shape index (κ2) is 7.92. The average molecular weight is 372 g/mol. The molecule has 0 unspecified atom stereocenters. The van der Waals surface area contributed by atoms with Crippen molar-refractivity contribution in [2.45, 2.75) is 20.1 Å². The molecule has 6 nitrogen and oxygen atoms in total. The number of pyridine rings is 1. The van der Waals surface area contributed by atoms with Gasteiger partial charge in [0, 0.05) is 30.1 Å². The summed E-state index contributed by atoms with van der Waals surface area (Å²) in [6.45, 7) is 3.18. The molecule has 4 rings (SSSR count). The SMILES string of the molecule is CCn1c(NC(=O)c2ccc(OCc3cccnc3)cc2)nc2ccccc21. The Bertz CT molecular complexity index is 1090. The molecule has 0 fully saturated rings. The lowest BCUT2D eigenvalue weighted by molar-refractivity contribution is 0.102. The normalized spacial score (nSPS) is 10.8. The molecule has 28 heavy (non-hydrogen) atoms. The summed E-state index contributed by atoms with van der Waals surface area (Å²) < 4.78 is 7.72. The summed E-state index contributed by atoms with van der Waals surface area (Å²) in [5.74, 6) is 1.04. The zero-order valence-electron chi connectivity index (χ0n) is 15.5. The van der Waals surface area contributed by atoms with Crippen LogP contribution in [0.15, 0.2) is 73.1 Å². The lowest BCUT2D eigenvalue weighted by Crippen LogP contribution is -2.15. The van der Waals surface area contributed by atoms with Crippen LogP contribution in [0.4, 0.5) is 5.95 Å². The summed E-state index contributed by atoms with van der Waals surface area (Å²) in [5.41, 5.74) is 3.39. The number of fused-ring (bicyclic) bond motifs is 1. The number of para-hydroxylation sites is 2. The molecule has 0 saturated heterocycles. The maximum Gasteiger partial charge on any atom is 0.257 e. The van der Waals surface area contributed by atoms with Gasteiger partial charge in [-0.15, -0.1) is 0 Å². The van der Waals surface area contributed by atoms with Crippen molar-refractivity contribution in [2.75, 3.05) is 5.32 Å². The van der Waals surface area contributed by atoms with Crippen LogP contribution in [-0.2, 0) is 13.2 Å². The van der Waals surface area contributed by atoms with Crippen LogP contribution < -0.4 is 10.1 Å². The van der Waals surface area contributed by atoms with Gasteiger partial charge in [-0.05, 0) is 49.4 Å². The quantitative estimate of drug-likeness (QED) is 0.548. The molecule has 4 aromatic rings. The predicted molar refractivity (Wildman–Crippen MR) is 108 cm³/mol. The summed E-state index contributed by atoms with van der Waals surface area (Å²) in [6.07, 6.45) is 3.49. The first-order chi connectivity index (χ1) is 13.7. The Labute approximate surface area is 162 Å². The topological polar surface area (TPSA) is 69.0 Å². The molecule has 6 heteroatoms. The van der Waals surface area contributed by atoms with Crippen LogP contribution in [0.5, 0.6) is 5.75 Å². The van der Waals surface area contributed by atoms with Crippen LogP contribution in [0.3, 0.4) is 0 Å².